The van der Waals surface area contributed by atoms with Crippen LogP contribution in [0.5, 0.6) is 0 Å². The fourth-order valence-corrected chi connectivity index (χ4v) is 5.31. The highest BCUT2D eigenvalue weighted by Crippen LogP contribution is 2.37. The molecular formula is C32H36N2O4. The van der Waals surface area contributed by atoms with Crippen molar-refractivity contribution in [2.45, 2.75) is 57.8 Å². The molecule has 0 aromatic heterocycles. The van der Waals surface area contributed by atoms with Crippen molar-refractivity contribution in [2.24, 2.45) is 5.92 Å². The molecule has 1 fully saturated rings. The van der Waals surface area contributed by atoms with Crippen LogP contribution in [0.4, 0.5) is 5.69 Å². The molecule has 0 heterocycles. The van der Waals surface area contributed by atoms with E-state index < -0.39 is 5.97 Å². The normalized spacial score (nSPS) is 17.0. The van der Waals surface area contributed by atoms with Gasteiger partial charge in [-0.25, -0.2) is 0 Å². The molecule has 0 unspecified atom stereocenters. The molecule has 0 saturated heterocycles. The summed E-state index contributed by atoms with van der Waals surface area (Å²) in [5.74, 6) is -0.341. The zero-order valence-electron chi connectivity index (χ0n) is 21.9. The molecule has 0 aliphatic heterocycles. The average molecular weight is 513 g/mol. The number of hydrogen-bond donors (Lipinski definition) is 3. The number of hydrogen-bond acceptors (Lipinski definition) is 3. The quantitative estimate of drug-likeness (QED) is 0.292. The number of aryl methyl sites for hydroxylation is 1. The van der Waals surface area contributed by atoms with Crippen LogP contribution in [0.1, 0.15) is 72.9 Å². The van der Waals surface area contributed by atoms with Crippen molar-refractivity contribution < 1.29 is 19.5 Å². The minimum Gasteiger partial charge on any atom is -0.481 e. The van der Waals surface area contributed by atoms with E-state index in [0.29, 0.717) is 11.5 Å². The second kappa shape index (κ2) is 13.0. The second-order valence-electron chi connectivity index (χ2n) is 10.1. The Labute approximate surface area is 224 Å². The molecule has 1 aliphatic carbocycles. The fourth-order valence-electron chi connectivity index (χ4n) is 5.31. The van der Waals surface area contributed by atoms with Crippen molar-refractivity contribution in [2.75, 3.05) is 11.9 Å². The van der Waals surface area contributed by atoms with E-state index in [0.717, 1.165) is 43.4 Å². The summed E-state index contributed by atoms with van der Waals surface area (Å²) < 4.78 is 0. The number of carboxylic acids is 1. The third-order valence-corrected chi connectivity index (χ3v) is 7.47. The predicted octanol–water partition coefficient (Wildman–Crippen LogP) is 6.42. The van der Waals surface area contributed by atoms with Gasteiger partial charge in [0.25, 0.3) is 5.91 Å². The third-order valence-electron chi connectivity index (χ3n) is 7.47. The minimum absolute atomic E-state index is 0.154. The van der Waals surface area contributed by atoms with Crippen molar-refractivity contribution in [3.8, 4) is 11.1 Å². The Morgan fingerprint density at radius 2 is 1.55 bits per heavy atom. The zero-order valence-corrected chi connectivity index (χ0v) is 21.9. The topological polar surface area (TPSA) is 95.5 Å². The molecule has 0 radical (unpaired) electrons. The molecular weight excluding hydrogens is 476 g/mol. The number of aliphatic carboxylic acids is 1. The van der Waals surface area contributed by atoms with Gasteiger partial charge in [0, 0.05) is 30.6 Å². The minimum atomic E-state index is -0.712. The van der Waals surface area contributed by atoms with E-state index in [1.807, 2.05) is 60.7 Å². The maximum absolute atomic E-state index is 12.5. The lowest BCUT2D eigenvalue weighted by Gasteiger charge is -2.28. The first-order chi connectivity index (χ1) is 18.4. The number of benzene rings is 3. The number of rotatable bonds is 10. The van der Waals surface area contributed by atoms with Gasteiger partial charge in [0.05, 0.1) is 0 Å². The standard InChI is InChI=1S/C32H36N2O4/c1-2-23-5-3-4-6-29(23)26-11-13-27(14-12-26)32(38)33-20-19-30(35)34-28-17-15-25(16-18-28)24-9-7-22(8-10-24)21-31(36)37/h3-6,11-18,22,24H,2,7-10,19-21H2,1H3,(H,33,38)(H,34,35)(H,36,37)/t22-,24-. The largest absolute Gasteiger partial charge is 0.481 e. The van der Waals surface area contributed by atoms with Gasteiger partial charge in [-0.2, -0.15) is 0 Å². The number of carbonyl (C=O) groups is 3. The van der Waals surface area contributed by atoms with Gasteiger partial charge in [0.15, 0.2) is 0 Å². The van der Waals surface area contributed by atoms with Crippen LogP contribution in [0.2, 0.25) is 0 Å². The van der Waals surface area contributed by atoms with Crippen molar-refractivity contribution >= 4 is 23.5 Å². The third kappa shape index (κ3) is 7.31. The Hall–Kier alpha value is -3.93. The Bertz CT molecular complexity index is 1240. The fraction of sp³-hybridized carbons (Fsp3) is 0.344. The van der Waals surface area contributed by atoms with Gasteiger partial charge in [-0.05, 0) is 90.5 Å². The Morgan fingerprint density at radius 3 is 2.21 bits per heavy atom. The van der Waals surface area contributed by atoms with Gasteiger partial charge in [0.2, 0.25) is 5.91 Å². The van der Waals surface area contributed by atoms with Gasteiger partial charge in [-0.3, -0.25) is 14.4 Å². The number of amides is 2. The van der Waals surface area contributed by atoms with E-state index in [-0.39, 0.29) is 37.1 Å². The van der Waals surface area contributed by atoms with Crippen LogP contribution >= 0.6 is 0 Å². The summed E-state index contributed by atoms with van der Waals surface area (Å²) in [6, 6.07) is 23.7. The molecule has 6 heteroatoms. The average Bonchev–Trinajstić information content (AvgIpc) is 2.93. The monoisotopic (exact) mass is 512 g/mol. The van der Waals surface area contributed by atoms with Gasteiger partial charge >= 0.3 is 5.97 Å². The molecule has 1 saturated carbocycles. The van der Waals surface area contributed by atoms with E-state index in [4.69, 9.17) is 5.11 Å². The summed E-state index contributed by atoms with van der Waals surface area (Å²) in [6.45, 7) is 2.38. The van der Waals surface area contributed by atoms with Crippen molar-refractivity contribution in [1.29, 1.82) is 0 Å². The van der Waals surface area contributed by atoms with Crippen LogP contribution in [0, 0.1) is 5.92 Å². The number of nitrogens with one attached hydrogen (secondary N) is 2. The molecule has 6 nitrogen and oxygen atoms in total. The van der Waals surface area contributed by atoms with Crippen molar-refractivity contribution in [1.82, 2.24) is 5.32 Å². The molecule has 1 aliphatic rings. The summed E-state index contributed by atoms with van der Waals surface area (Å²) in [6.07, 6.45) is 5.27. The SMILES string of the molecule is CCc1ccccc1-c1ccc(C(=O)NCCC(=O)Nc2ccc([C@H]3CC[C@H](CC(=O)O)CC3)cc2)cc1. The van der Waals surface area contributed by atoms with Crippen LogP contribution in [0.3, 0.4) is 0 Å². The molecule has 0 spiro atoms. The summed E-state index contributed by atoms with van der Waals surface area (Å²) in [5, 5.41) is 14.7. The van der Waals surface area contributed by atoms with Gasteiger partial charge in [0.1, 0.15) is 0 Å². The molecule has 38 heavy (non-hydrogen) atoms. The van der Waals surface area contributed by atoms with E-state index in [1.165, 1.54) is 16.7 Å². The van der Waals surface area contributed by atoms with E-state index in [2.05, 4.69) is 29.7 Å². The van der Waals surface area contributed by atoms with Crippen molar-refractivity contribution in [3.05, 3.63) is 89.5 Å². The van der Waals surface area contributed by atoms with Gasteiger partial charge in [-0.15, -0.1) is 0 Å². The second-order valence-corrected chi connectivity index (χ2v) is 10.1. The maximum Gasteiger partial charge on any atom is 0.303 e. The van der Waals surface area contributed by atoms with E-state index in [1.54, 1.807) is 0 Å². The number of anilines is 1. The molecule has 0 bridgehead atoms. The van der Waals surface area contributed by atoms with Crippen LogP contribution in [-0.4, -0.2) is 29.4 Å². The van der Waals surface area contributed by atoms with Crippen LogP contribution < -0.4 is 10.6 Å². The molecule has 3 aromatic carbocycles. The molecule has 3 aromatic rings. The van der Waals surface area contributed by atoms with Crippen LogP contribution in [0.15, 0.2) is 72.8 Å². The Balaban J connectivity index is 1.20. The summed E-state index contributed by atoms with van der Waals surface area (Å²) in [5.41, 5.74) is 6.05. The maximum atomic E-state index is 12.5. The van der Waals surface area contributed by atoms with Crippen LogP contribution in [-0.2, 0) is 16.0 Å². The van der Waals surface area contributed by atoms with Gasteiger partial charge in [-0.1, -0.05) is 55.5 Å². The Kier molecular flexibility index (Phi) is 9.30. The van der Waals surface area contributed by atoms with E-state index >= 15 is 0 Å². The lowest BCUT2D eigenvalue weighted by atomic mass is 9.77. The van der Waals surface area contributed by atoms with Crippen LogP contribution in [0.25, 0.3) is 11.1 Å². The van der Waals surface area contributed by atoms with E-state index in [9.17, 15) is 14.4 Å². The Morgan fingerprint density at radius 1 is 0.868 bits per heavy atom. The lowest BCUT2D eigenvalue weighted by Crippen LogP contribution is -2.27. The molecule has 198 valence electrons. The first-order valence-electron chi connectivity index (χ1n) is 13.5. The van der Waals surface area contributed by atoms with Crippen molar-refractivity contribution in [3.63, 3.8) is 0 Å². The number of carbonyl (C=O) groups excluding carboxylic acids is 2. The highest BCUT2D eigenvalue weighted by molar-refractivity contribution is 5.95. The first kappa shape index (κ1) is 27.1. The first-order valence-corrected chi connectivity index (χ1v) is 13.5. The molecule has 4 rings (SSSR count). The highest BCUT2D eigenvalue weighted by atomic mass is 16.4. The zero-order chi connectivity index (χ0) is 26.9. The van der Waals surface area contributed by atoms with Gasteiger partial charge < -0.3 is 15.7 Å². The number of carboxylic acid groups (broad SMARTS) is 1. The predicted molar refractivity (Wildman–Crippen MR) is 150 cm³/mol. The summed E-state index contributed by atoms with van der Waals surface area (Å²) in [7, 11) is 0. The summed E-state index contributed by atoms with van der Waals surface area (Å²) >= 11 is 0. The molecule has 0 atom stereocenters. The highest BCUT2D eigenvalue weighted by Gasteiger charge is 2.24. The smallest absolute Gasteiger partial charge is 0.303 e. The lowest BCUT2D eigenvalue weighted by molar-refractivity contribution is -0.138. The molecule has 2 amide bonds. The molecule has 3 N–H and O–H groups in total. The summed E-state index contributed by atoms with van der Waals surface area (Å²) in [4.78, 5) is 35.9.